The Morgan fingerprint density at radius 1 is 0.727 bits per heavy atom. The van der Waals surface area contributed by atoms with Gasteiger partial charge in [0.05, 0.1) is 0 Å². The van der Waals surface area contributed by atoms with Crippen LogP contribution in [0.25, 0.3) is 55.6 Å². The second kappa shape index (κ2) is 13.4. The molecule has 3 nitrogen and oxygen atoms in total. The third kappa shape index (κ3) is 6.78. The van der Waals surface area contributed by atoms with Crippen molar-refractivity contribution in [1.29, 1.82) is 0 Å². The van der Waals surface area contributed by atoms with Crippen LogP contribution in [0.5, 0.6) is 0 Å². The number of para-hydroxylation sites is 1. The van der Waals surface area contributed by atoms with E-state index >= 15 is 0 Å². The molecule has 4 aromatic carbocycles. The smallest absolute Gasteiger partial charge is 0 e. The summed E-state index contributed by atoms with van der Waals surface area (Å²) in [7, 11) is 0. The Morgan fingerprint density at radius 2 is 1.52 bits per heavy atom. The van der Waals surface area contributed by atoms with E-state index in [4.69, 9.17) is 8.53 Å². The number of hydrogen-bond acceptors (Lipinski definition) is 3. The predicted molar refractivity (Wildman–Crippen MR) is 182 cm³/mol. The normalized spacial score (nSPS) is 12.4. The van der Waals surface area contributed by atoms with E-state index in [1.54, 1.807) is 18.3 Å². The maximum absolute atomic E-state index is 7.78. The van der Waals surface area contributed by atoms with Crippen LogP contribution in [0, 0.1) is 25.9 Å². The Morgan fingerprint density at radius 3 is 2.23 bits per heavy atom. The Labute approximate surface area is 280 Å². The van der Waals surface area contributed by atoms with Crippen molar-refractivity contribution in [2.24, 2.45) is 0 Å². The monoisotopic (exact) mass is 816 g/mol. The molecule has 0 aliphatic heterocycles. The minimum absolute atomic E-state index is 0. The average molecular weight is 815 g/mol. The molecule has 5 heteroatoms. The van der Waals surface area contributed by atoms with Crippen LogP contribution in [0.3, 0.4) is 0 Å². The van der Waals surface area contributed by atoms with Crippen LogP contribution in [0.2, 0.25) is 17.3 Å². The summed E-state index contributed by atoms with van der Waals surface area (Å²) in [5.74, 6) is 7.14. The first-order valence-corrected chi connectivity index (χ1v) is 21.7. The molecule has 0 aliphatic carbocycles. The minimum Gasteiger partial charge on any atom is 0 e. The van der Waals surface area contributed by atoms with E-state index in [1.807, 2.05) is 66.9 Å². The van der Waals surface area contributed by atoms with Gasteiger partial charge in [-0.05, 0) is 29.7 Å². The van der Waals surface area contributed by atoms with E-state index in [9.17, 15) is 0 Å². The number of benzene rings is 4. The van der Waals surface area contributed by atoms with Crippen LogP contribution in [0.15, 0.2) is 120 Å². The maximum Gasteiger partial charge on any atom is 0 e. The first-order chi connectivity index (χ1) is 22.0. The molecule has 1 radical (unpaired) electrons. The summed E-state index contributed by atoms with van der Waals surface area (Å²) in [6, 6.07) is 40.1. The summed E-state index contributed by atoms with van der Waals surface area (Å²) >= 11 is -1.72. The third-order valence-electron chi connectivity index (χ3n) is 7.52. The van der Waals surface area contributed by atoms with Crippen LogP contribution in [0.1, 0.15) is 15.2 Å². The summed E-state index contributed by atoms with van der Waals surface area (Å²) < 4.78 is 30.8. The molecule has 0 amide bonds. The van der Waals surface area contributed by atoms with E-state index < -0.39 is 20.1 Å². The number of pyridine rings is 2. The van der Waals surface area contributed by atoms with Gasteiger partial charge in [-0.15, -0.1) is 29.3 Å². The third-order valence-corrected chi connectivity index (χ3v) is 11.8. The van der Waals surface area contributed by atoms with Crippen molar-refractivity contribution in [2.75, 3.05) is 0 Å². The quantitative estimate of drug-likeness (QED) is 0.131. The first-order valence-electron chi connectivity index (χ1n) is 15.8. The van der Waals surface area contributed by atoms with Gasteiger partial charge in [0.25, 0.3) is 0 Å². The zero-order chi connectivity index (χ0) is 32.5. The van der Waals surface area contributed by atoms with Gasteiger partial charge in [-0.2, -0.15) is 0 Å². The molecular weight excluding hydrogens is 777 g/mol. The predicted octanol–water partition coefficient (Wildman–Crippen LogP) is 9.82. The molecule has 3 heterocycles. The van der Waals surface area contributed by atoms with Crippen LogP contribution >= 0.6 is 0 Å². The molecule has 7 rings (SSSR count). The van der Waals surface area contributed by atoms with Gasteiger partial charge in [0, 0.05) is 41.2 Å². The summed E-state index contributed by atoms with van der Waals surface area (Å²) in [6.07, 6.45) is 3.78. The van der Waals surface area contributed by atoms with Gasteiger partial charge >= 0.3 is 99.8 Å². The topological polar surface area (TPSA) is 38.9 Å². The largest absolute Gasteiger partial charge is 0 e. The number of rotatable bonds is 4. The molecule has 0 spiro atoms. The molecule has 7 aromatic rings. The molecule has 221 valence electrons. The molecule has 0 fully saturated rings. The number of aryl methyl sites for hydroxylation is 2. The van der Waals surface area contributed by atoms with Gasteiger partial charge in [0.2, 0.25) is 0 Å². The molecule has 0 bridgehead atoms. The van der Waals surface area contributed by atoms with E-state index in [1.165, 1.54) is 4.40 Å². The number of nitrogens with zero attached hydrogens (tertiary/aromatic N) is 2. The van der Waals surface area contributed by atoms with Crippen molar-refractivity contribution < 1.29 is 28.6 Å². The first kappa shape index (κ1) is 27.7. The van der Waals surface area contributed by atoms with E-state index in [0.29, 0.717) is 11.2 Å². The molecule has 0 atom stereocenters. The van der Waals surface area contributed by atoms with Crippen LogP contribution in [-0.4, -0.2) is 23.2 Å². The molecule has 0 N–H and O–H groups in total. The maximum atomic E-state index is 7.78. The van der Waals surface area contributed by atoms with Crippen molar-refractivity contribution in [3.63, 3.8) is 0 Å². The van der Waals surface area contributed by atoms with Crippen molar-refractivity contribution in [3.05, 3.63) is 139 Å². The number of fused-ring (bicyclic) bond motifs is 3. The molecule has 0 unspecified atom stereocenters. The molecule has 0 saturated heterocycles. The van der Waals surface area contributed by atoms with Gasteiger partial charge in [-0.1, -0.05) is 61.0 Å². The SMILES string of the molecule is [2H]C([2H])([2H])c1cccc2c1oc1cc(-c3[c-]cc(C)c(-c4ccccc4)c3)ncc12.[CH3][Ge]([CH3])([CH3])[c]1ccc(-c2[c-]cccc2)nc1.[Ir]. The fourth-order valence-corrected chi connectivity index (χ4v) is 7.20. The van der Waals surface area contributed by atoms with Gasteiger partial charge in [0.15, 0.2) is 0 Å². The van der Waals surface area contributed by atoms with Gasteiger partial charge < -0.3 is 9.40 Å². The number of furan rings is 1. The average Bonchev–Trinajstić information content (AvgIpc) is 3.43. The van der Waals surface area contributed by atoms with E-state index in [-0.39, 0.29) is 25.7 Å². The summed E-state index contributed by atoms with van der Waals surface area (Å²) in [4.78, 5) is 9.15. The van der Waals surface area contributed by atoms with Crippen molar-refractivity contribution >= 4 is 39.6 Å². The Hall–Kier alpha value is -3.83. The Balaban J connectivity index is 0.000000217. The standard InChI is InChI=1S/C25H18NO.C14H16GeN.Ir/c1-16-11-12-19(13-21(16)18-8-4-3-5-9-18)23-14-24-22(15-26-23)20-10-6-7-17(2)25(20)27-24;1-15(2,3)13-9-10-14(16-11-13)12-7-5-4-6-8-12;/h3-11,13-15H,1-2H3;4-7,9-11H,1-3H3;/q2*-1;/i2D3;;. The van der Waals surface area contributed by atoms with Crippen LogP contribution in [0.4, 0.5) is 0 Å². The van der Waals surface area contributed by atoms with Gasteiger partial charge in [0.1, 0.15) is 11.2 Å². The Bertz CT molecular complexity index is 2120. The van der Waals surface area contributed by atoms with Crippen molar-refractivity contribution in [1.82, 2.24) is 9.97 Å². The molecule has 0 aliphatic rings. The summed E-state index contributed by atoms with van der Waals surface area (Å²) in [6.45, 7) is -0.173. The van der Waals surface area contributed by atoms with Crippen LogP contribution < -0.4 is 4.40 Å². The summed E-state index contributed by atoms with van der Waals surface area (Å²) in [5, 5.41) is 1.56. The summed E-state index contributed by atoms with van der Waals surface area (Å²) in [5.41, 5.74) is 8.28. The molecule has 44 heavy (non-hydrogen) atoms. The second-order valence-electron chi connectivity index (χ2n) is 11.6. The Kier molecular flexibility index (Phi) is 8.46. The number of hydrogen-bond donors (Lipinski definition) is 0. The van der Waals surface area contributed by atoms with Crippen molar-refractivity contribution in [2.45, 2.75) is 31.0 Å². The molecule has 0 saturated carbocycles. The van der Waals surface area contributed by atoms with Crippen LogP contribution in [-0.2, 0) is 20.1 Å². The zero-order valence-electron chi connectivity index (χ0n) is 28.1. The van der Waals surface area contributed by atoms with E-state index in [0.717, 1.165) is 50.0 Å². The van der Waals surface area contributed by atoms with E-state index in [2.05, 4.69) is 76.6 Å². The fraction of sp³-hybridized carbons (Fsp3) is 0.128. The van der Waals surface area contributed by atoms with Crippen molar-refractivity contribution in [3.8, 4) is 33.6 Å². The number of aromatic nitrogens is 2. The van der Waals surface area contributed by atoms with Gasteiger partial charge in [-0.25, -0.2) is 0 Å². The minimum atomic E-state index is -2.24. The zero-order valence-corrected chi connectivity index (χ0v) is 29.6. The second-order valence-corrected chi connectivity index (χ2v) is 22.3. The fourth-order valence-electron chi connectivity index (χ4n) is 5.03. The molecular formula is C39H34GeIrN2O-2. The molecule has 3 aromatic heterocycles. The van der Waals surface area contributed by atoms with Gasteiger partial charge in [-0.3, -0.25) is 0 Å².